The Balaban J connectivity index is 0.985. The van der Waals surface area contributed by atoms with Gasteiger partial charge in [0, 0.05) is 39.1 Å². The van der Waals surface area contributed by atoms with Gasteiger partial charge in [0.2, 0.25) is 0 Å². The summed E-state index contributed by atoms with van der Waals surface area (Å²) >= 11 is 0. The van der Waals surface area contributed by atoms with Crippen molar-refractivity contribution in [2.75, 3.05) is 9.80 Å². The smallest absolute Gasteiger partial charge is 0.140 e. The molecule has 0 atom stereocenters. The quantitative estimate of drug-likeness (QED) is 0.152. The predicted molar refractivity (Wildman–Crippen MR) is 283 cm³/mol. The van der Waals surface area contributed by atoms with Crippen molar-refractivity contribution >= 4 is 66.8 Å². The first-order chi connectivity index (χ1) is 33.7. The summed E-state index contributed by atoms with van der Waals surface area (Å²) < 4.78 is 7.08. The maximum atomic E-state index is 7.08. The number of para-hydroxylation sites is 3. The molecular weight excluding hydrogens is 825 g/mol. The molecule has 0 saturated heterocycles. The van der Waals surface area contributed by atoms with Gasteiger partial charge < -0.3 is 14.2 Å². The lowest BCUT2D eigenvalue weighted by atomic mass is 9.62. The Morgan fingerprint density at radius 2 is 0.794 bits per heavy atom. The fraction of sp³-hybridized carbons (Fsp3) is 0.0154. The van der Waals surface area contributed by atoms with Gasteiger partial charge in [-0.3, -0.25) is 0 Å². The molecule has 11 aromatic carbocycles. The summed E-state index contributed by atoms with van der Waals surface area (Å²) in [6, 6.07) is 96.6. The van der Waals surface area contributed by atoms with Gasteiger partial charge in [0.1, 0.15) is 11.2 Å². The highest BCUT2D eigenvalue weighted by Gasteiger charge is 2.48. The molecule has 0 N–H and O–H groups in total. The van der Waals surface area contributed by atoms with Crippen LogP contribution in [0.15, 0.2) is 271 Å². The summed E-state index contributed by atoms with van der Waals surface area (Å²) in [5.41, 5.74) is 17.0. The number of fused-ring (bicyclic) bond motifs is 7. The van der Waals surface area contributed by atoms with E-state index in [1.165, 1.54) is 49.7 Å². The molecule has 13 rings (SSSR count). The van der Waals surface area contributed by atoms with Gasteiger partial charge in [0.25, 0.3) is 0 Å². The van der Waals surface area contributed by atoms with E-state index in [1.54, 1.807) is 0 Å². The number of furan rings is 1. The van der Waals surface area contributed by atoms with E-state index in [1.807, 2.05) is 0 Å². The molecule has 1 aromatic heterocycles. The summed E-state index contributed by atoms with van der Waals surface area (Å²) in [5, 5.41) is 4.63. The highest BCUT2D eigenvalue weighted by atomic mass is 16.3. The van der Waals surface area contributed by atoms with Crippen LogP contribution in [-0.2, 0) is 5.41 Å². The summed E-state index contributed by atoms with van der Waals surface area (Å²) in [6.45, 7) is 0. The van der Waals surface area contributed by atoms with Crippen molar-refractivity contribution in [2.45, 2.75) is 5.41 Å². The van der Waals surface area contributed by atoms with Crippen LogP contribution in [-0.4, -0.2) is 0 Å². The van der Waals surface area contributed by atoms with E-state index in [0.29, 0.717) is 0 Å². The fourth-order valence-electron chi connectivity index (χ4n) is 10.9. The summed E-state index contributed by atoms with van der Waals surface area (Å²) in [7, 11) is 0. The molecule has 2 heterocycles. The lowest BCUT2D eigenvalue weighted by Crippen LogP contribution is -2.37. The van der Waals surface area contributed by atoms with Crippen LogP contribution in [0.2, 0.25) is 0 Å². The molecule has 320 valence electrons. The predicted octanol–water partition coefficient (Wildman–Crippen LogP) is 17.7. The van der Waals surface area contributed by atoms with Crippen LogP contribution in [0.4, 0.5) is 34.1 Å². The Morgan fingerprint density at radius 1 is 0.353 bits per heavy atom. The Labute approximate surface area is 396 Å². The van der Waals surface area contributed by atoms with Gasteiger partial charge in [-0.2, -0.15) is 0 Å². The number of rotatable bonds is 8. The van der Waals surface area contributed by atoms with Gasteiger partial charge in [-0.05, 0) is 123 Å². The second-order valence-corrected chi connectivity index (χ2v) is 17.6. The fourth-order valence-corrected chi connectivity index (χ4v) is 10.9. The Morgan fingerprint density at radius 3 is 1.37 bits per heavy atom. The summed E-state index contributed by atoms with van der Waals surface area (Å²) in [5.74, 6) is 0. The Bertz CT molecular complexity index is 3640. The number of anilines is 6. The molecule has 68 heavy (non-hydrogen) atoms. The van der Waals surface area contributed by atoms with E-state index in [9.17, 15) is 0 Å². The van der Waals surface area contributed by atoms with Crippen LogP contribution in [0.1, 0.15) is 22.3 Å². The van der Waals surface area contributed by atoms with E-state index in [-0.39, 0.29) is 0 Å². The van der Waals surface area contributed by atoms with E-state index in [2.05, 4.69) is 277 Å². The monoisotopic (exact) mass is 868 g/mol. The molecule has 0 unspecified atom stereocenters. The van der Waals surface area contributed by atoms with Crippen molar-refractivity contribution in [3.63, 3.8) is 0 Å². The third-order valence-electron chi connectivity index (χ3n) is 13.9. The molecule has 0 spiro atoms. The molecule has 0 bridgehead atoms. The van der Waals surface area contributed by atoms with Gasteiger partial charge >= 0.3 is 0 Å². The first kappa shape index (κ1) is 39.4. The Hall–Kier alpha value is -8.92. The second-order valence-electron chi connectivity index (χ2n) is 17.6. The molecular formula is C65H44N2O. The van der Waals surface area contributed by atoms with Gasteiger partial charge in [0.05, 0.1) is 16.8 Å². The standard InChI is InChI=1S/C65H44N2O/c1-4-18-45(19-5-1)47-32-36-51(37-33-47)66(52-38-34-48(35-39-52)46-20-6-2-7-21-46)53-40-42-54(43-41-53)67-60-29-15-13-27-57(60)65(50-23-8-3-9-24-50,58-28-14-16-30-61(58)67)59-44-49-22-10-11-25-55(49)63-56-26-12-17-31-62(56)68-64(59)63/h1-44H. The third-order valence-corrected chi connectivity index (χ3v) is 13.9. The first-order valence-corrected chi connectivity index (χ1v) is 23.3. The lowest BCUT2D eigenvalue weighted by molar-refractivity contribution is 0.644. The number of nitrogens with zero attached hydrogens (tertiary/aromatic N) is 2. The van der Waals surface area contributed by atoms with E-state index in [4.69, 9.17) is 4.42 Å². The molecule has 1 aliphatic rings. The lowest BCUT2D eigenvalue weighted by Gasteiger charge is -2.46. The summed E-state index contributed by atoms with van der Waals surface area (Å²) in [6.07, 6.45) is 0. The largest absolute Gasteiger partial charge is 0.456 e. The third kappa shape index (κ3) is 6.28. The zero-order valence-corrected chi connectivity index (χ0v) is 37.2. The molecule has 0 radical (unpaired) electrons. The number of benzene rings is 11. The van der Waals surface area contributed by atoms with Gasteiger partial charge in [0.15, 0.2) is 0 Å². The number of hydrogen-bond donors (Lipinski definition) is 0. The van der Waals surface area contributed by atoms with Crippen molar-refractivity contribution in [3.8, 4) is 22.3 Å². The average molecular weight is 869 g/mol. The van der Waals surface area contributed by atoms with E-state index in [0.717, 1.165) is 61.6 Å². The van der Waals surface area contributed by atoms with Crippen LogP contribution in [0, 0.1) is 0 Å². The van der Waals surface area contributed by atoms with Crippen molar-refractivity contribution in [1.82, 2.24) is 0 Å². The Kier molecular flexibility index (Phi) is 9.40. The first-order valence-electron chi connectivity index (χ1n) is 23.3. The summed E-state index contributed by atoms with van der Waals surface area (Å²) in [4.78, 5) is 4.80. The topological polar surface area (TPSA) is 19.6 Å². The molecule has 0 saturated carbocycles. The van der Waals surface area contributed by atoms with Crippen LogP contribution in [0.25, 0.3) is 55.0 Å². The van der Waals surface area contributed by atoms with Crippen LogP contribution >= 0.6 is 0 Å². The van der Waals surface area contributed by atoms with Gasteiger partial charge in [-0.1, -0.05) is 194 Å². The highest BCUT2D eigenvalue weighted by molar-refractivity contribution is 6.20. The van der Waals surface area contributed by atoms with Crippen molar-refractivity contribution in [3.05, 3.63) is 289 Å². The zero-order chi connectivity index (χ0) is 45.0. The molecule has 0 fully saturated rings. The minimum Gasteiger partial charge on any atom is -0.456 e. The van der Waals surface area contributed by atoms with Crippen LogP contribution < -0.4 is 9.80 Å². The van der Waals surface area contributed by atoms with Crippen LogP contribution in [0.5, 0.6) is 0 Å². The zero-order valence-electron chi connectivity index (χ0n) is 37.2. The normalized spacial score (nSPS) is 12.8. The van der Waals surface area contributed by atoms with Crippen molar-refractivity contribution in [2.24, 2.45) is 0 Å². The van der Waals surface area contributed by atoms with Crippen molar-refractivity contribution < 1.29 is 4.42 Å². The van der Waals surface area contributed by atoms with Gasteiger partial charge in [-0.25, -0.2) is 0 Å². The second kappa shape index (κ2) is 16.2. The maximum absolute atomic E-state index is 7.08. The average Bonchev–Trinajstić information content (AvgIpc) is 3.82. The molecule has 3 heteroatoms. The minimum absolute atomic E-state index is 0.740. The molecule has 0 aliphatic carbocycles. The maximum Gasteiger partial charge on any atom is 0.140 e. The highest BCUT2D eigenvalue weighted by Crippen LogP contribution is 2.59. The minimum atomic E-state index is -0.740. The molecule has 3 nitrogen and oxygen atoms in total. The number of hydrogen-bond acceptors (Lipinski definition) is 3. The SMILES string of the molecule is c1ccc(-c2ccc(N(c3ccc(-c4ccccc4)cc3)c3ccc(N4c5ccccc5C(c5ccccc5)(c5cc6ccccc6c6c5oc5ccccc56)c5ccccc54)cc3)cc2)cc1. The molecule has 12 aromatic rings. The van der Waals surface area contributed by atoms with E-state index >= 15 is 0 Å². The van der Waals surface area contributed by atoms with E-state index < -0.39 is 5.41 Å². The van der Waals surface area contributed by atoms with Crippen molar-refractivity contribution in [1.29, 1.82) is 0 Å². The van der Waals surface area contributed by atoms with Gasteiger partial charge in [-0.15, -0.1) is 0 Å². The molecule has 0 amide bonds. The molecule has 1 aliphatic heterocycles. The van der Waals surface area contributed by atoms with Crippen LogP contribution in [0.3, 0.4) is 0 Å².